The fourth-order valence-electron chi connectivity index (χ4n) is 10.5. The fraction of sp³-hybridized carbons (Fsp3) is 0.615. The number of rotatable bonds is 48. The molecule has 0 unspecified atom stereocenters. The zero-order valence-corrected chi connectivity index (χ0v) is 57.2. The lowest BCUT2D eigenvalue weighted by atomic mass is 10.1. The largest absolute Gasteiger partial charge is 0.492 e. The van der Waals surface area contributed by atoms with Crippen molar-refractivity contribution >= 4 is 38.5 Å². The second-order valence-corrected chi connectivity index (χ2v) is 25.7. The van der Waals surface area contributed by atoms with Crippen molar-refractivity contribution in [2.45, 2.75) is 285 Å². The first-order valence-electron chi connectivity index (χ1n) is 34.4. The van der Waals surface area contributed by atoms with Gasteiger partial charge in [0.05, 0.1) is 47.6 Å². The van der Waals surface area contributed by atoms with Gasteiger partial charge in [0.2, 0.25) is 0 Å². The number of unbranched alkanes of at least 4 members (excludes halogenated alkanes) is 36. The zero-order valence-electron chi connectivity index (χ0n) is 53.4. The van der Waals surface area contributed by atoms with E-state index in [4.69, 9.17) is 18.9 Å². The summed E-state index contributed by atoms with van der Waals surface area (Å²) in [5, 5.41) is 0. The van der Waals surface area contributed by atoms with Gasteiger partial charge in [-0.1, -0.05) is 294 Å². The van der Waals surface area contributed by atoms with Crippen molar-refractivity contribution < 1.29 is 18.9 Å². The van der Waals surface area contributed by atoms with E-state index in [1.807, 2.05) is 0 Å². The topological polar surface area (TPSA) is 36.9 Å². The first-order valence-corrected chi connectivity index (χ1v) is 36.3. The third-order valence-electron chi connectivity index (χ3n) is 15.9. The number of hydrogen-bond acceptors (Lipinski definition) is 4. The van der Waals surface area contributed by atoms with E-state index in [-0.39, 0.29) is 0 Å². The molecule has 4 rings (SSSR count). The van der Waals surface area contributed by atoms with Crippen molar-refractivity contribution in [2.75, 3.05) is 26.4 Å². The van der Waals surface area contributed by atoms with Crippen LogP contribution in [0.4, 0.5) is 0 Å². The van der Waals surface area contributed by atoms with E-state index >= 15 is 0 Å². The minimum atomic E-state index is 0.638. The average molecular weight is 1320 g/mol. The lowest BCUT2D eigenvalue weighted by molar-refractivity contribution is 0.294. The van der Waals surface area contributed by atoms with Crippen molar-refractivity contribution in [1.82, 2.24) is 0 Å². The lowest BCUT2D eigenvalue weighted by Crippen LogP contribution is -2.03. The fourth-order valence-corrected chi connectivity index (χ4v) is 11.3. The third kappa shape index (κ3) is 34.9. The molecule has 0 N–H and O–H groups in total. The second kappa shape index (κ2) is 50.0. The zero-order chi connectivity index (χ0) is 59.6. The summed E-state index contributed by atoms with van der Waals surface area (Å²) in [4.78, 5) is 0. The first kappa shape index (κ1) is 72.4. The van der Waals surface area contributed by atoms with Crippen LogP contribution >= 0.6 is 38.5 Å². The van der Waals surface area contributed by atoms with E-state index in [9.17, 15) is 0 Å². The Morgan fingerprint density at radius 3 is 0.762 bits per heavy atom. The van der Waals surface area contributed by atoms with Gasteiger partial charge < -0.3 is 18.9 Å². The molecule has 0 heterocycles. The molecule has 0 amide bonds. The van der Waals surface area contributed by atoms with Crippen LogP contribution in [0.2, 0.25) is 0 Å². The summed E-state index contributed by atoms with van der Waals surface area (Å²) < 4.78 is 28.3. The van der Waals surface area contributed by atoms with Crippen LogP contribution in [0.25, 0.3) is 0 Å². The molecule has 4 aromatic carbocycles. The van der Waals surface area contributed by atoms with E-state index in [1.165, 1.54) is 222 Å². The molecule has 0 aliphatic rings. The predicted octanol–water partition coefficient (Wildman–Crippen LogP) is 24.5. The molecule has 0 atom stereocenters. The molecular formula is C78H112BrIO4. The van der Waals surface area contributed by atoms with Crippen LogP contribution in [0.1, 0.15) is 318 Å². The smallest absolute Gasteiger partial charge is 0.136 e. The van der Waals surface area contributed by atoms with Crippen LogP contribution < -0.4 is 18.9 Å². The SMILES string of the molecule is CCCCCCCCCCCCOc1cc(C#Cc2ccc(C#Cc3cc(OCCCCCCCCCCCC)c(C#Cc4ccc(I)cc4)cc3OCCCCCCCCCCCC)cc2)c(OCCCCCCCCCCCC)cc1Br. The number of benzene rings is 4. The summed E-state index contributed by atoms with van der Waals surface area (Å²) in [6.07, 6.45) is 51.5. The Morgan fingerprint density at radius 2 is 0.488 bits per heavy atom. The highest BCUT2D eigenvalue weighted by Gasteiger charge is 2.13. The van der Waals surface area contributed by atoms with E-state index < -0.39 is 0 Å². The Balaban J connectivity index is 1.51. The van der Waals surface area contributed by atoms with E-state index in [0.29, 0.717) is 26.4 Å². The molecule has 0 saturated carbocycles. The first-order chi connectivity index (χ1) is 41.4. The molecule has 0 fully saturated rings. The molecule has 0 aromatic heterocycles. The Labute approximate surface area is 537 Å². The van der Waals surface area contributed by atoms with Crippen molar-refractivity contribution in [3.05, 3.63) is 114 Å². The molecule has 0 saturated heterocycles. The second-order valence-electron chi connectivity index (χ2n) is 23.6. The molecule has 0 spiro atoms. The van der Waals surface area contributed by atoms with Gasteiger partial charge in [0.25, 0.3) is 0 Å². The van der Waals surface area contributed by atoms with Gasteiger partial charge in [0.15, 0.2) is 0 Å². The van der Waals surface area contributed by atoms with Crippen LogP contribution in [0.3, 0.4) is 0 Å². The summed E-state index contributed by atoms with van der Waals surface area (Å²) in [7, 11) is 0. The number of halogens is 2. The molecule has 462 valence electrons. The number of hydrogen-bond donors (Lipinski definition) is 0. The highest BCUT2D eigenvalue weighted by molar-refractivity contribution is 14.1. The molecule has 4 nitrogen and oxygen atoms in total. The number of ether oxygens (including phenoxy) is 4. The summed E-state index contributed by atoms with van der Waals surface area (Å²) in [6, 6.07) is 24.9. The minimum absolute atomic E-state index is 0.638. The Hall–Kier alpha value is -4.03. The van der Waals surface area contributed by atoms with Gasteiger partial charge in [0.1, 0.15) is 23.0 Å². The maximum atomic E-state index is 6.65. The molecule has 4 aromatic rings. The van der Waals surface area contributed by atoms with Gasteiger partial charge in [0, 0.05) is 38.5 Å². The van der Waals surface area contributed by atoms with Gasteiger partial charge in [-0.15, -0.1) is 0 Å². The van der Waals surface area contributed by atoms with Crippen LogP contribution in [0.15, 0.2) is 77.3 Å². The Morgan fingerprint density at radius 1 is 0.274 bits per heavy atom. The molecule has 0 aliphatic heterocycles. The molecule has 0 aliphatic carbocycles. The highest BCUT2D eigenvalue weighted by Crippen LogP contribution is 2.34. The average Bonchev–Trinajstić information content (AvgIpc) is 3.56. The lowest BCUT2D eigenvalue weighted by Gasteiger charge is -2.14. The highest BCUT2D eigenvalue weighted by atomic mass is 127. The van der Waals surface area contributed by atoms with Crippen molar-refractivity contribution in [3.63, 3.8) is 0 Å². The summed E-state index contributed by atoms with van der Waals surface area (Å²) in [6.45, 7) is 11.8. The van der Waals surface area contributed by atoms with Crippen molar-refractivity contribution in [3.8, 4) is 58.5 Å². The standard InChI is InChI=1S/C78H112BrIO4/c1-5-9-13-17-21-25-29-33-37-41-59-81-75-64-71(55-51-69-52-57-73(80)58-53-69)76(82-60-42-38-34-30-26-22-18-14-10-6-2)63-70(75)54-49-67-45-47-68(48-46-67)50-56-72-65-78(84-62-44-40-36-32-28-24-20-16-12-8-4)74(79)66-77(72)83-61-43-39-35-31-27-23-19-15-11-7-3/h45-48,52-53,57-58,63-66H,5-44,59-62H2,1-4H3. The molecule has 0 radical (unpaired) electrons. The van der Waals surface area contributed by atoms with Crippen molar-refractivity contribution in [2.24, 2.45) is 0 Å². The van der Waals surface area contributed by atoms with Crippen LogP contribution in [-0.4, -0.2) is 26.4 Å². The Kier molecular flexibility index (Phi) is 43.1. The maximum absolute atomic E-state index is 6.65. The van der Waals surface area contributed by atoms with Crippen LogP contribution in [0.5, 0.6) is 23.0 Å². The van der Waals surface area contributed by atoms with Gasteiger partial charge in [-0.25, -0.2) is 0 Å². The summed E-state index contributed by atoms with van der Waals surface area (Å²) in [5.74, 6) is 24.0. The molecular weight excluding hydrogens is 1210 g/mol. The van der Waals surface area contributed by atoms with Gasteiger partial charge in [-0.05, 0) is 119 Å². The molecule has 6 heteroatoms. The molecule has 0 bridgehead atoms. The maximum Gasteiger partial charge on any atom is 0.136 e. The summed E-state index contributed by atoms with van der Waals surface area (Å²) >= 11 is 6.17. The van der Waals surface area contributed by atoms with Gasteiger partial charge in [-0.3, -0.25) is 0 Å². The predicted molar refractivity (Wildman–Crippen MR) is 373 cm³/mol. The Bertz CT molecular complexity index is 2480. The quantitative estimate of drug-likeness (QED) is 0.0251. The van der Waals surface area contributed by atoms with E-state index in [1.54, 1.807) is 0 Å². The normalized spacial score (nSPS) is 10.9. The van der Waals surface area contributed by atoms with E-state index in [2.05, 4.69) is 175 Å². The molecule has 84 heavy (non-hydrogen) atoms. The van der Waals surface area contributed by atoms with Crippen molar-refractivity contribution in [1.29, 1.82) is 0 Å². The van der Waals surface area contributed by atoms with Crippen LogP contribution in [0, 0.1) is 39.1 Å². The van der Waals surface area contributed by atoms with Gasteiger partial charge >= 0.3 is 0 Å². The van der Waals surface area contributed by atoms with E-state index in [0.717, 1.165) is 99.4 Å². The van der Waals surface area contributed by atoms with Crippen LogP contribution in [-0.2, 0) is 0 Å². The van der Waals surface area contributed by atoms with Gasteiger partial charge in [-0.2, -0.15) is 0 Å². The minimum Gasteiger partial charge on any atom is -0.492 e. The third-order valence-corrected chi connectivity index (χ3v) is 17.2. The summed E-state index contributed by atoms with van der Waals surface area (Å²) in [5.41, 5.74) is 5.28. The monoisotopic (exact) mass is 1320 g/mol.